The van der Waals surface area contributed by atoms with Gasteiger partial charge in [-0.05, 0) is 35.9 Å². The molecule has 0 radical (unpaired) electrons. The van der Waals surface area contributed by atoms with Crippen molar-refractivity contribution in [2.75, 3.05) is 18.5 Å². The molecule has 35 heavy (non-hydrogen) atoms. The Bertz CT molecular complexity index is 1310. The van der Waals surface area contributed by atoms with Crippen molar-refractivity contribution >= 4 is 28.5 Å². The van der Waals surface area contributed by atoms with E-state index in [4.69, 9.17) is 9.47 Å². The number of ether oxygens (including phenoxy) is 2. The van der Waals surface area contributed by atoms with Gasteiger partial charge in [-0.3, -0.25) is 10.1 Å². The number of benzene rings is 3. The van der Waals surface area contributed by atoms with Gasteiger partial charge in [-0.1, -0.05) is 60.7 Å². The molecule has 4 aromatic rings. The van der Waals surface area contributed by atoms with Crippen molar-refractivity contribution in [3.63, 3.8) is 0 Å². The number of nitrogens with zero attached hydrogens (tertiary/aromatic N) is 2. The second-order valence-corrected chi connectivity index (χ2v) is 8.32. The van der Waals surface area contributed by atoms with E-state index in [0.717, 1.165) is 29.0 Å². The van der Waals surface area contributed by atoms with E-state index in [0.29, 0.717) is 24.1 Å². The lowest BCUT2D eigenvalue weighted by Crippen LogP contribution is -2.13. The standard InChI is InChI=1S/C28H23N3O3S/c29-19-23(27(32)31-28-30-26(20-35-28)22-8-3-1-4-9-22)18-21-12-14-25(15-13-21)34-17-7-16-33-24-10-5-2-6-11-24/h1-6,8-15,18,20H,7,16-17H2,(H,30,31,32). The zero-order chi connectivity index (χ0) is 24.3. The van der Waals surface area contributed by atoms with Gasteiger partial charge >= 0.3 is 0 Å². The third kappa shape index (κ3) is 7.03. The number of carbonyl (C=O) groups excluding carboxylic acids is 1. The molecule has 6 nitrogen and oxygen atoms in total. The number of rotatable bonds is 10. The highest BCUT2D eigenvalue weighted by molar-refractivity contribution is 7.14. The quantitative estimate of drug-likeness (QED) is 0.166. The Kier molecular flexibility index (Phi) is 8.25. The van der Waals surface area contributed by atoms with Gasteiger partial charge in [-0.15, -0.1) is 11.3 Å². The molecular weight excluding hydrogens is 458 g/mol. The van der Waals surface area contributed by atoms with E-state index in [9.17, 15) is 10.1 Å². The molecule has 0 aliphatic rings. The smallest absolute Gasteiger partial charge is 0.268 e. The van der Waals surface area contributed by atoms with E-state index in [1.165, 1.54) is 11.3 Å². The number of hydrogen-bond acceptors (Lipinski definition) is 6. The SMILES string of the molecule is N#CC(=Cc1ccc(OCCCOc2ccccc2)cc1)C(=O)Nc1nc(-c2ccccc2)cs1. The maximum Gasteiger partial charge on any atom is 0.268 e. The molecule has 1 aromatic heterocycles. The van der Waals surface area contributed by atoms with Gasteiger partial charge in [0.25, 0.3) is 5.91 Å². The van der Waals surface area contributed by atoms with Crippen LogP contribution in [0.2, 0.25) is 0 Å². The normalized spacial score (nSPS) is 10.9. The number of aromatic nitrogens is 1. The highest BCUT2D eigenvalue weighted by Gasteiger charge is 2.12. The van der Waals surface area contributed by atoms with Crippen LogP contribution in [0.15, 0.2) is 95.9 Å². The van der Waals surface area contributed by atoms with Gasteiger partial charge < -0.3 is 9.47 Å². The van der Waals surface area contributed by atoms with Crippen molar-refractivity contribution in [1.82, 2.24) is 4.98 Å². The minimum Gasteiger partial charge on any atom is -0.493 e. The number of carbonyl (C=O) groups is 1. The van der Waals surface area contributed by atoms with E-state index in [1.54, 1.807) is 18.2 Å². The maximum atomic E-state index is 12.6. The van der Waals surface area contributed by atoms with E-state index in [2.05, 4.69) is 10.3 Å². The highest BCUT2D eigenvalue weighted by Crippen LogP contribution is 2.25. The van der Waals surface area contributed by atoms with E-state index in [1.807, 2.05) is 84.2 Å². The molecule has 0 saturated carbocycles. The Balaban J connectivity index is 1.28. The first kappa shape index (κ1) is 23.7. The molecule has 0 bridgehead atoms. The number of nitriles is 1. The molecule has 1 heterocycles. The summed E-state index contributed by atoms with van der Waals surface area (Å²) in [6, 6.07) is 28.5. The third-order valence-electron chi connectivity index (χ3n) is 4.92. The van der Waals surface area contributed by atoms with Crippen LogP contribution in [0.5, 0.6) is 11.5 Å². The zero-order valence-corrected chi connectivity index (χ0v) is 19.7. The lowest BCUT2D eigenvalue weighted by Gasteiger charge is -2.08. The van der Waals surface area contributed by atoms with Crippen LogP contribution in [0.4, 0.5) is 5.13 Å². The average molecular weight is 482 g/mol. The van der Waals surface area contributed by atoms with Crippen LogP contribution in [-0.4, -0.2) is 24.1 Å². The fourth-order valence-corrected chi connectivity index (χ4v) is 3.88. The Hall–Kier alpha value is -4.41. The number of para-hydroxylation sites is 1. The van der Waals surface area contributed by atoms with Crippen LogP contribution in [0.3, 0.4) is 0 Å². The first-order chi connectivity index (χ1) is 17.2. The predicted molar refractivity (Wildman–Crippen MR) is 138 cm³/mol. The average Bonchev–Trinajstić information content (AvgIpc) is 3.37. The van der Waals surface area contributed by atoms with Crippen molar-refractivity contribution in [2.24, 2.45) is 0 Å². The Labute approximate surface area is 208 Å². The molecule has 4 rings (SSSR count). The monoisotopic (exact) mass is 481 g/mol. The van der Waals surface area contributed by atoms with Gasteiger partial charge in [-0.25, -0.2) is 4.98 Å². The molecular formula is C28H23N3O3S. The summed E-state index contributed by atoms with van der Waals surface area (Å²) < 4.78 is 11.4. The number of anilines is 1. The molecule has 0 fully saturated rings. The van der Waals surface area contributed by atoms with E-state index < -0.39 is 5.91 Å². The van der Waals surface area contributed by atoms with E-state index >= 15 is 0 Å². The van der Waals surface area contributed by atoms with Crippen molar-refractivity contribution in [1.29, 1.82) is 5.26 Å². The molecule has 0 aliphatic carbocycles. The van der Waals surface area contributed by atoms with Crippen LogP contribution < -0.4 is 14.8 Å². The second kappa shape index (κ2) is 12.2. The van der Waals surface area contributed by atoms with Gasteiger partial charge in [0.1, 0.15) is 23.1 Å². The van der Waals surface area contributed by atoms with Crippen molar-refractivity contribution in [3.8, 4) is 28.8 Å². The molecule has 0 aliphatic heterocycles. The highest BCUT2D eigenvalue weighted by atomic mass is 32.1. The summed E-state index contributed by atoms with van der Waals surface area (Å²) in [7, 11) is 0. The molecule has 0 spiro atoms. The lowest BCUT2D eigenvalue weighted by molar-refractivity contribution is -0.112. The van der Waals surface area contributed by atoms with Crippen molar-refractivity contribution in [3.05, 3.63) is 101 Å². The number of thiazole rings is 1. The maximum absolute atomic E-state index is 12.6. The third-order valence-corrected chi connectivity index (χ3v) is 5.68. The van der Waals surface area contributed by atoms with Crippen LogP contribution in [0.1, 0.15) is 12.0 Å². The van der Waals surface area contributed by atoms with Crippen LogP contribution in [0, 0.1) is 11.3 Å². The van der Waals surface area contributed by atoms with Gasteiger partial charge in [0.15, 0.2) is 5.13 Å². The summed E-state index contributed by atoms with van der Waals surface area (Å²) in [6.07, 6.45) is 2.29. The second-order valence-electron chi connectivity index (χ2n) is 7.46. The largest absolute Gasteiger partial charge is 0.493 e. The first-order valence-electron chi connectivity index (χ1n) is 11.1. The summed E-state index contributed by atoms with van der Waals surface area (Å²) in [4.78, 5) is 17.0. The summed E-state index contributed by atoms with van der Waals surface area (Å²) in [5, 5.41) is 14.5. The minimum atomic E-state index is -0.500. The van der Waals surface area contributed by atoms with Crippen LogP contribution in [0.25, 0.3) is 17.3 Å². The van der Waals surface area contributed by atoms with Gasteiger partial charge in [-0.2, -0.15) is 5.26 Å². The molecule has 174 valence electrons. The van der Waals surface area contributed by atoms with Gasteiger partial charge in [0, 0.05) is 17.4 Å². The molecule has 1 amide bonds. The molecule has 0 unspecified atom stereocenters. The Morgan fingerprint density at radius 1 is 0.914 bits per heavy atom. The number of amides is 1. The van der Waals surface area contributed by atoms with Crippen molar-refractivity contribution < 1.29 is 14.3 Å². The molecule has 0 saturated heterocycles. The Morgan fingerprint density at radius 3 is 2.20 bits per heavy atom. The first-order valence-corrected chi connectivity index (χ1v) is 11.9. The van der Waals surface area contributed by atoms with Crippen LogP contribution in [-0.2, 0) is 4.79 Å². The molecule has 7 heteroatoms. The van der Waals surface area contributed by atoms with Gasteiger partial charge in [0.05, 0.1) is 18.9 Å². The molecule has 0 atom stereocenters. The summed E-state index contributed by atoms with van der Waals surface area (Å²) in [5.74, 6) is 1.05. The zero-order valence-electron chi connectivity index (χ0n) is 18.9. The summed E-state index contributed by atoms with van der Waals surface area (Å²) in [5.41, 5.74) is 2.45. The van der Waals surface area contributed by atoms with Crippen molar-refractivity contribution in [2.45, 2.75) is 6.42 Å². The molecule has 1 N–H and O–H groups in total. The summed E-state index contributed by atoms with van der Waals surface area (Å²) >= 11 is 1.31. The fraction of sp³-hybridized carbons (Fsp3) is 0.107. The topological polar surface area (TPSA) is 84.2 Å². The number of hydrogen-bond donors (Lipinski definition) is 1. The van der Waals surface area contributed by atoms with Gasteiger partial charge in [0.2, 0.25) is 0 Å². The van der Waals surface area contributed by atoms with Crippen LogP contribution >= 0.6 is 11.3 Å². The molecule has 3 aromatic carbocycles. The minimum absolute atomic E-state index is 0.00631. The Morgan fingerprint density at radius 2 is 1.54 bits per heavy atom. The fourth-order valence-electron chi connectivity index (χ4n) is 3.17. The number of nitrogens with one attached hydrogen (secondary N) is 1. The predicted octanol–water partition coefficient (Wildman–Crippen LogP) is 6.20. The summed E-state index contributed by atoms with van der Waals surface area (Å²) in [6.45, 7) is 1.09. The lowest BCUT2D eigenvalue weighted by atomic mass is 10.1. The van der Waals surface area contributed by atoms with E-state index in [-0.39, 0.29) is 5.57 Å².